The number of halogens is 1. The summed E-state index contributed by atoms with van der Waals surface area (Å²) in [5.41, 5.74) is 0.755. The first kappa shape index (κ1) is 15.5. The number of carbonyl (C=O) groups excluding carboxylic acids is 1. The fraction of sp³-hybridized carbons (Fsp3) is 0.429. The first-order valence-corrected chi connectivity index (χ1v) is 6.22. The summed E-state index contributed by atoms with van der Waals surface area (Å²) in [4.78, 5) is 22.7. The van der Waals surface area contributed by atoms with Gasteiger partial charge in [-0.25, -0.2) is 4.79 Å². The minimum atomic E-state index is -1.08. The second-order valence-corrected chi connectivity index (χ2v) is 5.72. The van der Waals surface area contributed by atoms with E-state index in [2.05, 4.69) is 0 Å². The van der Waals surface area contributed by atoms with Gasteiger partial charge in [0.15, 0.2) is 0 Å². The van der Waals surface area contributed by atoms with Crippen molar-refractivity contribution in [2.24, 2.45) is 0 Å². The summed E-state index contributed by atoms with van der Waals surface area (Å²) in [5, 5.41) is 9.30. The van der Waals surface area contributed by atoms with Gasteiger partial charge in [0, 0.05) is 5.02 Å². The molecule has 0 spiro atoms. The Morgan fingerprint density at radius 3 is 2.37 bits per heavy atom. The molecule has 4 nitrogen and oxygen atoms in total. The Morgan fingerprint density at radius 1 is 1.32 bits per heavy atom. The van der Waals surface area contributed by atoms with Crippen LogP contribution in [0.15, 0.2) is 12.1 Å². The Labute approximate surface area is 117 Å². The molecule has 5 heteroatoms. The lowest BCUT2D eigenvalue weighted by Crippen LogP contribution is -2.25. The molecule has 0 unspecified atom stereocenters. The summed E-state index contributed by atoms with van der Waals surface area (Å²) >= 11 is 5.96. The fourth-order valence-electron chi connectivity index (χ4n) is 1.58. The fourth-order valence-corrected chi connectivity index (χ4v) is 1.81. The molecule has 0 aliphatic heterocycles. The van der Waals surface area contributed by atoms with Crippen LogP contribution in [-0.2, 0) is 16.0 Å². The predicted molar refractivity (Wildman–Crippen MR) is 72.7 cm³/mol. The third-order valence-electron chi connectivity index (χ3n) is 2.45. The first-order chi connectivity index (χ1) is 8.60. The smallest absolute Gasteiger partial charge is 0.335 e. The van der Waals surface area contributed by atoms with E-state index in [-0.39, 0.29) is 12.0 Å². The van der Waals surface area contributed by atoms with Crippen LogP contribution in [0, 0.1) is 6.92 Å². The van der Waals surface area contributed by atoms with Crippen LogP contribution in [0.2, 0.25) is 5.02 Å². The molecular formula is C14H17ClO4. The van der Waals surface area contributed by atoms with Gasteiger partial charge in [-0.05, 0) is 51.0 Å². The number of rotatable bonds is 3. The SMILES string of the molecule is Cc1c(Cl)cc(C(=O)O)cc1CC(=O)OC(C)(C)C. The number of hydrogen-bond acceptors (Lipinski definition) is 3. The first-order valence-electron chi connectivity index (χ1n) is 5.84. The lowest BCUT2D eigenvalue weighted by molar-refractivity contribution is -0.153. The molecule has 0 heterocycles. The normalized spacial score (nSPS) is 11.2. The standard InChI is InChI=1S/C14H17ClO4/c1-8-9(7-12(16)19-14(2,3)4)5-10(13(17)18)6-11(8)15/h5-6H,7H2,1-4H3,(H,17,18). The summed E-state index contributed by atoms with van der Waals surface area (Å²) in [6.45, 7) is 7.07. The molecular weight excluding hydrogens is 268 g/mol. The van der Waals surface area contributed by atoms with Gasteiger partial charge >= 0.3 is 11.9 Å². The van der Waals surface area contributed by atoms with Gasteiger partial charge in [0.25, 0.3) is 0 Å². The second-order valence-electron chi connectivity index (χ2n) is 5.31. The number of carboxylic acid groups (broad SMARTS) is 1. The summed E-state index contributed by atoms with van der Waals surface area (Å²) in [6.07, 6.45) is 0.00391. The van der Waals surface area contributed by atoms with E-state index in [1.807, 2.05) is 0 Å². The highest BCUT2D eigenvalue weighted by molar-refractivity contribution is 6.31. The number of carboxylic acids is 1. The van der Waals surface area contributed by atoms with Gasteiger partial charge in [0.2, 0.25) is 0 Å². The largest absolute Gasteiger partial charge is 0.478 e. The molecule has 0 radical (unpaired) electrons. The van der Waals surface area contributed by atoms with E-state index in [0.717, 1.165) is 0 Å². The molecule has 0 bridgehead atoms. The van der Waals surface area contributed by atoms with E-state index >= 15 is 0 Å². The Morgan fingerprint density at radius 2 is 1.89 bits per heavy atom. The molecule has 1 N–H and O–H groups in total. The maximum Gasteiger partial charge on any atom is 0.335 e. The summed E-state index contributed by atoms with van der Waals surface area (Å²) < 4.78 is 5.21. The van der Waals surface area contributed by atoms with Gasteiger partial charge in [-0.3, -0.25) is 4.79 Å². The maximum absolute atomic E-state index is 11.8. The molecule has 19 heavy (non-hydrogen) atoms. The highest BCUT2D eigenvalue weighted by atomic mass is 35.5. The van der Waals surface area contributed by atoms with E-state index in [4.69, 9.17) is 21.4 Å². The lowest BCUT2D eigenvalue weighted by Gasteiger charge is -2.20. The highest BCUT2D eigenvalue weighted by Crippen LogP contribution is 2.23. The predicted octanol–water partition coefficient (Wildman–Crippen LogP) is 3.23. The van der Waals surface area contributed by atoms with Crippen molar-refractivity contribution in [2.45, 2.75) is 39.7 Å². The zero-order valence-corrected chi connectivity index (χ0v) is 12.2. The minimum Gasteiger partial charge on any atom is -0.478 e. The molecule has 1 rings (SSSR count). The molecule has 104 valence electrons. The highest BCUT2D eigenvalue weighted by Gasteiger charge is 2.19. The Bertz CT molecular complexity index is 515. The average molecular weight is 285 g/mol. The molecule has 1 aromatic carbocycles. The monoisotopic (exact) mass is 284 g/mol. The molecule has 0 fully saturated rings. The number of esters is 1. The van der Waals surface area contributed by atoms with Crippen LogP contribution in [0.3, 0.4) is 0 Å². The van der Waals surface area contributed by atoms with E-state index in [9.17, 15) is 9.59 Å². The number of hydrogen-bond donors (Lipinski definition) is 1. The zero-order chi connectivity index (χ0) is 14.8. The van der Waals surface area contributed by atoms with Gasteiger partial charge in [-0.1, -0.05) is 11.6 Å². The van der Waals surface area contributed by atoms with Crippen LogP contribution in [0.1, 0.15) is 42.3 Å². The van der Waals surface area contributed by atoms with Gasteiger partial charge in [-0.15, -0.1) is 0 Å². The van der Waals surface area contributed by atoms with Crippen molar-refractivity contribution < 1.29 is 19.4 Å². The molecule has 0 aliphatic carbocycles. The third kappa shape index (κ3) is 4.56. The summed E-state index contributed by atoms with van der Waals surface area (Å²) in [7, 11) is 0. The lowest BCUT2D eigenvalue weighted by atomic mass is 10.0. The molecule has 0 saturated carbocycles. The van der Waals surface area contributed by atoms with Crippen molar-refractivity contribution in [2.75, 3.05) is 0 Å². The second kappa shape index (κ2) is 5.61. The third-order valence-corrected chi connectivity index (χ3v) is 2.85. The Balaban J connectivity index is 3.01. The molecule has 0 atom stereocenters. The number of aromatic carboxylic acids is 1. The van der Waals surface area contributed by atoms with E-state index in [0.29, 0.717) is 16.1 Å². The number of benzene rings is 1. The van der Waals surface area contributed by atoms with Crippen molar-refractivity contribution in [1.82, 2.24) is 0 Å². The van der Waals surface area contributed by atoms with Crippen molar-refractivity contribution in [3.8, 4) is 0 Å². The van der Waals surface area contributed by atoms with Crippen molar-refractivity contribution in [1.29, 1.82) is 0 Å². The molecule has 0 amide bonds. The Kier molecular flexibility index (Phi) is 4.58. The number of ether oxygens (including phenoxy) is 1. The van der Waals surface area contributed by atoms with Crippen molar-refractivity contribution in [3.63, 3.8) is 0 Å². The van der Waals surface area contributed by atoms with Gasteiger partial charge in [0.1, 0.15) is 5.60 Å². The molecule has 0 saturated heterocycles. The molecule has 0 aliphatic rings. The topological polar surface area (TPSA) is 63.6 Å². The van der Waals surface area contributed by atoms with E-state index in [1.54, 1.807) is 27.7 Å². The Hall–Kier alpha value is -1.55. The molecule has 1 aromatic rings. The van der Waals surface area contributed by atoms with Gasteiger partial charge in [0.05, 0.1) is 12.0 Å². The van der Waals surface area contributed by atoms with Crippen LogP contribution < -0.4 is 0 Å². The number of carbonyl (C=O) groups is 2. The van der Waals surface area contributed by atoms with Crippen LogP contribution in [-0.4, -0.2) is 22.6 Å². The van der Waals surface area contributed by atoms with Crippen molar-refractivity contribution in [3.05, 3.63) is 33.8 Å². The summed E-state index contributed by atoms with van der Waals surface area (Å²) in [5.74, 6) is -1.48. The maximum atomic E-state index is 11.8. The average Bonchev–Trinajstić information content (AvgIpc) is 2.21. The minimum absolute atomic E-state index is 0.00391. The van der Waals surface area contributed by atoms with Crippen LogP contribution in [0.5, 0.6) is 0 Å². The van der Waals surface area contributed by atoms with Crippen LogP contribution in [0.4, 0.5) is 0 Å². The quantitative estimate of drug-likeness (QED) is 0.866. The van der Waals surface area contributed by atoms with Crippen LogP contribution >= 0.6 is 11.6 Å². The van der Waals surface area contributed by atoms with E-state index < -0.39 is 17.5 Å². The van der Waals surface area contributed by atoms with Gasteiger partial charge in [-0.2, -0.15) is 0 Å². The van der Waals surface area contributed by atoms with E-state index in [1.165, 1.54) is 12.1 Å². The summed E-state index contributed by atoms with van der Waals surface area (Å²) in [6, 6.07) is 2.82. The van der Waals surface area contributed by atoms with Crippen LogP contribution in [0.25, 0.3) is 0 Å². The van der Waals surface area contributed by atoms with Gasteiger partial charge < -0.3 is 9.84 Å². The zero-order valence-electron chi connectivity index (χ0n) is 11.4. The molecule has 0 aromatic heterocycles. The van der Waals surface area contributed by atoms with Crippen molar-refractivity contribution >= 4 is 23.5 Å².